The Morgan fingerprint density at radius 3 is 2.94 bits per heavy atom. The van der Waals surface area contributed by atoms with E-state index in [1.165, 1.54) is 12.5 Å². The van der Waals surface area contributed by atoms with Crippen molar-refractivity contribution in [2.24, 2.45) is 5.10 Å². The van der Waals surface area contributed by atoms with Gasteiger partial charge in [0.1, 0.15) is 5.76 Å². The minimum absolute atomic E-state index is 0.324. The van der Waals surface area contributed by atoms with Crippen LogP contribution in [-0.2, 0) is 0 Å². The number of hydrogen-bond acceptors (Lipinski definition) is 3. The van der Waals surface area contributed by atoms with Gasteiger partial charge in [0.2, 0.25) is 0 Å². The number of rotatable bonds is 3. The molecule has 2 rings (SSSR count). The summed E-state index contributed by atoms with van der Waals surface area (Å²) in [4.78, 5) is 11.6. The van der Waals surface area contributed by atoms with Crippen molar-refractivity contribution in [3.63, 3.8) is 0 Å². The van der Waals surface area contributed by atoms with Crippen LogP contribution >= 0.6 is 11.6 Å². The average Bonchev–Trinajstić information content (AvgIpc) is 2.82. The summed E-state index contributed by atoms with van der Waals surface area (Å²) in [5.41, 5.74) is 2.83. The van der Waals surface area contributed by atoms with Crippen molar-refractivity contribution in [2.45, 2.75) is 0 Å². The number of halogens is 1. The molecule has 1 N–H and O–H groups in total. The van der Waals surface area contributed by atoms with Gasteiger partial charge in [-0.05, 0) is 30.3 Å². The smallest absolute Gasteiger partial charge is 0.271 e. The Kier molecular flexibility index (Phi) is 3.57. The third kappa shape index (κ3) is 3.19. The third-order valence-electron chi connectivity index (χ3n) is 1.99. The molecule has 0 aliphatic rings. The SMILES string of the molecule is O=C(N/N=C\c1ccco1)c1cccc(Cl)c1. The molecule has 0 saturated heterocycles. The molecule has 17 heavy (non-hydrogen) atoms. The number of benzene rings is 1. The Morgan fingerprint density at radius 1 is 1.35 bits per heavy atom. The van der Waals surface area contributed by atoms with Crippen LogP contribution in [0.25, 0.3) is 0 Å². The number of nitrogens with one attached hydrogen (secondary N) is 1. The fourth-order valence-electron chi connectivity index (χ4n) is 1.21. The van der Waals surface area contributed by atoms with Gasteiger partial charge in [0, 0.05) is 10.6 Å². The van der Waals surface area contributed by atoms with E-state index < -0.39 is 0 Å². The maximum Gasteiger partial charge on any atom is 0.271 e. The summed E-state index contributed by atoms with van der Waals surface area (Å²) in [6.07, 6.45) is 2.95. The summed E-state index contributed by atoms with van der Waals surface area (Å²) in [5.74, 6) is 0.242. The quantitative estimate of drug-likeness (QED) is 0.671. The zero-order valence-electron chi connectivity index (χ0n) is 8.76. The van der Waals surface area contributed by atoms with Gasteiger partial charge in [-0.2, -0.15) is 5.10 Å². The molecule has 2 aromatic rings. The molecular formula is C12H9ClN2O2. The third-order valence-corrected chi connectivity index (χ3v) is 2.22. The lowest BCUT2D eigenvalue weighted by atomic mass is 10.2. The summed E-state index contributed by atoms with van der Waals surface area (Å²) in [6, 6.07) is 10.1. The molecule has 0 spiro atoms. The zero-order chi connectivity index (χ0) is 12.1. The number of furan rings is 1. The van der Waals surface area contributed by atoms with E-state index in [4.69, 9.17) is 16.0 Å². The molecule has 0 aliphatic carbocycles. The van der Waals surface area contributed by atoms with Crippen LogP contribution in [0.4, 0.5) is 0 Å². The van der Waals surface area contributed by atoms with Gasteiger partial charge in [-0.25, -0.2) is 5.43 Å². The monoisotopic (exact) mass is 248 g/mol. The van der Waals surface area contributed by atoms with Gasteiger partial charge in [-0.3, -0.25) is 4.79 Å². The first-order valence-electron chi connectivity index (χ1n) is 4.88. The molecule has 0 bridgehead atoms. The summed E-state index contributed by atoms with van der Waals surface area (Å²) >= 11 is 5.77. The van der Waals surface area contributed by atoms with Crippen LogP contribution < -0.4 is 5.43 Å². The number of carbonyl (C=O) groups is 1. The van der Waals surface area contributed by atoms with Crippen molar-refractivity contribution in [3.05, 3.63) is 59.0 Å². The summed E-state index contributed by atoms with van der Waals surface area (Å²) in [5, 5.41) is 4.27. The highest BCUT2D eigenvalue weighted by Crippen LogP contribution is 2.10. The highest BCUT2D eigenvalue weighted by Gasteiger charge is 2.03. The minimum atomic E-state index is -0.324. The van der Waals surface area contributed by atoms with Gasteiger partial charge >= 0.3 is 0 Å². The molecule has 0 radical (unpaired) electrons. The highest BCUT2D eigenvalue weighted by atomic mass is 35.5. The normalized spacial score (nSPS) is 10.6. The second-order valence-electron chi connectivity index (χ2n) is 3.22. The fraction of sp³-hybridized carbons (Fsp3) is 0. The molecular weight excluding hydrogens is 240 g/mol. The van der Waals surface area contributed by atoms with Gasteiger partial charge in [-0.15, -0.1) is 0 Å². The van der Waals surface area contributed by atoms with Crippen molar-refractivity contribution in [1.82, 2.24) is 5.43 Å². The van der Waals surface area contributed by atoms with Crippen LogP contribution in [0, 0.1) is 0 Å². The van der Waals surface area contributed by atoms with E-state index in [2.05, 4.69) is 10.5 Å². The Bertz CT molecular complexity index is 535. The van der Waals surface area contributed by atoms with Gasteiger partial charge < -0.3 is 4.42 Å². The summed E-state index contributed by atoms with van der Waals surface area (Å²) < 4.78 is 5.02. The van der Waals surface area contributed by atoms with Crippen LogP contribution in [0.15, 0.2) is 52.2 Å². The molecule has 0 aliphatic heterocycles. The molecule has 1 aromatic carbocycles. The predicted octanol–water partition coefficient (Wildman–Crippen LogP) is 2.70. The first-order chi connectivity index (χ1) is 8.25. The van der Waals surface area contributed by atoms with Crippen LogP contribution in [0.5, 0.6) is 0 Å². The lowest BCUT2D eigenvalue weighted by Gasteiger charge is -1.99. The number of amides is 1. The van der Waals surface area contributed by atoms with E-state index in [-0.39, 0.29) is 5.91 Å². The molecule has 0 fully saturated rings. The first kappa shape index (κ1) is 11.4. The van der Waals surface area contributed by atoms with Crippen LogP contribution in [0.3, 0.4) is 0 Å². The molecule has 0 atom stereocenters. The molecule has 0 unspecified atom stereocenters. The van der Waals surface area contributed by atoms with Crippen molar-refractivity contribution in [1.29, 1.82) is 0 Å². The number of hydrogen-bond donors (Lipinski definition) is 1. The van der Waals surface area contributed by atoms with Crippen molar-refractivity contribution in [3.8, 4) is 0 Å². The first-order valence-corrected chi connectivity index (χ1v) is 5.26. The molecule has 4 nitrogen and oxygen atoms in total. The number of carbonyl (C=O) groups excluding carboxylic acids is 1. The second-order valence-corrected chi connectivity index (χ2v) is 3.66. The average molecular weight is 249 g/mol. The molecule has 0 saturated carbocycles. The van der Waals surface area contributed by atoms with E-state index in [1.807, 2.05) is 0 Å². The van der Waals surface area contributed by atoms with Crippen molar-refractivity contribution < 1.29 is 9.21 Å². The lowest BCUT2D eigenvalue weighted by Crippen LogP contribution is -2.17. The van der Waals surface area contributed by atoms with Gasteiger partial charge in [0.05, 0.1) is 12.5 Å². The topological polar surface area (TPSA) is 54.6 Å². The number of nitrogens with zero attached hydrogens (tertiary/aromatic N) is 1. The Labute approximate surface area is 103 Å². The molecule has 1 heterocycles. The zero-order valence-corrected chi connectivity index (χ0v) is 9.52. The maximum atomic E-state index is 11.6. The number of hydrazone groups is 1. The van der Waals surface area contributed by atoms with Crippen LogP contribution in [0.1, 0.15) is 16.1 Å². The predicted molar refractivity (Wildman–Crippen MR) is 65.2 cm³/mol. The van der Waals surface area contributed by atoms with Gasteiger partial charge in [0.25, 0.3) is 5.91 Å². The molecule has 1 amide bonds. The second kappa shape index (κ2) is 5.32. The van der Waals surface area contributed by atoms with E-state index in [0.29, 0.717) is 16.3 Å². The Balaban J connectivity index is 1.98. The molecule has 5 heteroatoms. The van der Waals surface area contributed by atoms with Crippen LogP contribution in [0.2, 0.25) is 5.02 Å². The summed E-state index contributed by atoms with van der Waals surface area (Å²) in [6.45, 7) is 0. The van der Waals surface area contributed by atoms with E-state index in [1.54, 1.807) is 36.4 Å². The van der Waals surface area contributed by atoms with Crippen molar-refractivity contribution in [2.75, 3.05) is 0 Å². The van der Waals surface area contributed by atoms with E-state index in [9.17, 15) is 4.79 Å². The maximum absolute atomic E-state index is 11.6. The molecule has 1 aromatic heterocycles. The van der Waals surface area contributed by atoms with Gasteiger partial charge in [-0.1, -0.05) is 17.7 Å². The fourth-order valence-corrected chi connectivity index (χ4v) is 1.40. The lowest BCUT2D eigenvalue weighted by molar-refractivity contribution is 0.0955. The van der Waals surface area contributed by atoms with Gasteiger partial charge in [0.15, 0.2) is 0 Å². The minimum Gasteiger partial charge on any atom is -0.463 e. The van der Waals surface area contributed by atoms with E-state index >= 15 is 0 Å². The van der Waals surface area contributed by atoms with Crippen molar-refractivity contribution >= 4 is 23.7 Å². The van der Waals surface area contributed by atoms with E-state index in [0.717, 1.165) is 0 Å². The molecule has 86 valence electrons. The largest absolute Gasteiger partial charge is 0.463 e. The standard InChI is InChI=1S/C12H9ClN2O2/c13-10-4-1-3-9(7-10)12(16)15-14-8-11-5-2-6-17-11/h1-8H,(H,15,16)/b14-8-. The highest BCUT2D eigenvalue weighted by molar-refractivity contribution is 6.30. The Morgan fingerprint density at radius 2 is 2.24 bits per heavy atom. The Hall–Kier alpha value is -2.07. The summed E-state index contributed by atoms with van der Waals surface area (Å²) in [7, 11) is 0. The van der Waals surface area contributed by atoms with Crippen LogP contribution in [-0.4, -0.2) is 12.1 Å².